The van der Waals surface area contributed by atoms with Crippen LogP contribution in [0, 0.1) is 12.0 Å². The van der Waals surface area contributed by atoms with Gasteiger partial charge in [0.05, 0.1) is 12.1 Å². The van der Waals surface area contributed by atoms with Gasteiger partial charge in [-0.15, -0.1) is 0 Å². The van der Waals surface area contributed by atoms with Gasteiger partial charge in [-0.05, 0) is 37.0 Å². The third-order valence-electron chi connectivity index (χ3n) is 2.85. The Morgan fingerprint density at radius 1 is 1.39 bits per heavy atom. The van der Waals surface area contributed by atoms with Crippen LogP contribution in [0.2, 0.25) is 5.02 Å². The highest BCUT2D eigenvalue weighted by molar-refractivity contribution is 6.32. The molecule has 0 spiro atoms. The summed E-state index contributed by atoms with van der Waals surface area (Å²) in [5.41, 5.74) is 0.493. The van der Waals surface area contributed by atoms with Gasteiger partial charge in [-0.25, -0.2) is 0 Å². The Labute approximate surface area is 112 Å². The second-order valence-electron chi connectivity index (χ2n) is 4.11. The summed E-state index contributed by atoms with van der Waals surface area (Å²) in [4.78, 5) is 13.8. The number of methoxy groups -OCH3 is 1. The number of rotatable bonds is 2. The van der Waals surface area contributed by atoms with Crippen molar-refractivity contribution in [1.82, 2.24) is 4.90 Å². The number of carbonyl (C=O) groups excluding carboxylic acids is 1. The monoisotopic (exact) mass is 263 g/mol. The summed E-state index contributed by atoms with van der Waals surface area (Å²) in [6.45, 7) is 1.90. The summed E-state index contributed by atoms with van der Waals surface area (Å²) in [6.07, 6.45) is 2.30. The second-order valence-corrected chi connectivity index (χ2v) is 4.52. The molecule has 3 nitrogen and oxygen atoms in total. The molecule has 1 fully saturated rings. The van der Waals surface area contributed by atoms with E-state index < -0.39 is 0 Å². The van der Waals surface area contributed by atoms with E-state index in [1.165, 1.54) is 7.11 Å². The van der Waals surface area contributed by atoms with E-state index in [1.54, 1.807) is 18.2 Å². The number of hydrogen-bond donors (Lipinski definition) is 0. The third-order valence-corrected chi connectivity index (χ3v) is 3.14. The minimum Gasteiger partial charge on any atom is -0.495 e. The van der Waals surface area contributed by atoms with Gasteiger partial charge in [-0.3, -0.25) is 4.79 Å². The topological polar surface area (TPSA) is 29.5 Å². The maximum Gasteiger partial charge on any atom is 0.237 e. The first-order valence-electron chi connectivity index (χ1n) is 5.85. The molecule has 4 heteroatoms. The van der Waals surface area contributed by atoms with Crippen molar-refractivity contribution in [3.8, 4) is 17.7 Å². The zero-order valence-electron chi connectivity index (χ0n) is 10.2. The lowest BCUT2D eigenvalue weighted by atomic mass is 10.1. The summed E-state index contributed by atoms with van der Waals surface area (Å²) >= 11 is 5.97. The van der Waals surface area contributed by atoms with Crippen molar-refractivity contribution in [3.05, 3.63) is 28.8 Å². The average Bonchev–Trinajstić information content (AvgIpc) is 2.89. The van der Waals surface area contributed by atoms with Crippen molar-refractivity contribution in [2.24, 2.45) is 0 Å². The van der Waals surface area contributed by atoms with E-state index in [0.29, 0.717) is 16.3 Å². The van der Waals surface area contributed by atoms with Crippen LogP contribution in [0.5, 0.6) is 5.75 Å². The number of likely N-dealkylation sites (tertiary alicyclic amines) is 1. The molecule has 0 N–H and O–H groups in total. The zero-order valence-corrected chi connectivity index (χ0v) is 11.0. The SMILES string of the molecule is COc1ccc(C(=O)C#CN2CCCC2)cc1Cl. The number of Topliss-reactive ketones (excluding diaryl/α,β-unsaturated/α-hetero) is 1. The Balaban J connectivity index is 2.11. The van der Waals surface area contributed by atoms with E-state index in [4.69, 9.17) is 16.3 Å². The smallest absolute Gasteiger partial charge is 0.237 e. The number of nitrogens with zero attached hydrogens (tertiary/aromatic N) is 1. The Bertz CT molecular complexity index is 510. The van der Waals surface area contributed by atoms with Crippen molar-refractivity contribution in [1.29, 1.82) is 0 Å². The van der Waals surface area contributed by atoms with Crippen LogP contribution in [0.4, 0.5) is 0 Å². The van der Waals surface area contributed by atoms with Gasteiger partial charge in [0.15, 0.2) is 0 Å². The molecule has 94 valence electrons. The molecular weight excluding hydrogens is 250 g/mol. The number of ether oxygens (including phenoxy) is 1. The number of benzene rings is 1. The van der Waals surface area contributed by atoms with Gasteiger partial charge in [-0.1, -0.05) is 11.6 Å². The third kappa shape index (κ3) is 2.96. The number of halogens is 1. The predicted octanol–water partition coefficient (Wildman–Crippen LogP) is 2.59. The summed E-state index contributed by atoms with van der Waals surface area (Å²) < 4.78 is 5.03. The molecule has 1 aromatic carbocycles. The number of hydrogen-bond acceptors (Lipinski definition) is 3. The number of ketones is 1. The van der Waals surface area contributed by atoms with Gasteiger partial charge >= 0.3 is 0 Å². The molecule has 1 aromatic rings. The van der Waals surface area contributed by atoms with E-state index >= 15 is 0 Å². The standard InChI is InChI=1S/C14H14ClNO2/c1-18-14-5-4-11(10-12(14)15)13(17)6-9-16-7-2-3-8-16/h4-5,10H,2-3,7-8H2,1H3. The van der Waals surface area contributed by atoms with Crippen LogP contribution in [0.15, 0.2) is 18.2 Å². The molecular formula is C14H14ClNO2. The van der Waals surface area contributed by atoms with Crippen LogP contribution in [-0.4, -0.2) is 30.9 Å². The molecule has 1 saturated heterocycles. The molecule has 0 aliphatic carbocycles. The lowest BCUT2D eigenvalue weighted by Crippen LogP contribution is -2.12. The molecule has 0 amide bonds. The van der Waals surface area contributed by atoms with Crippen molar-refractivity contribution in [3.63, 3.8) is 0 Å². The van der Waals surface area contributed by atoms with Gasteiger partial charge in [-0.2, -0.15) is 0 Å². The maximum absolute atomic E-state index is 11.9. The fourth-order valence-corrected chi connectivity index (χ4v) is 2.10. The van der Waals surface area contributed by atoms with E-state index in [2.05, 4.69) is 12.0 Å². The fourth-order valence-electron chi connectivity index (χ4n) is 1.84. The first kappa shape index (κ1) is 12.8. The van der Waals surface area contributed by atoms with E-state index in [1.807, 2.05) is 4.90 Å². The summed E-state index contributed by atoms with van der Waals surface area (Å²) in [5, 5.41) is 0.423. The highest BCUT2D eigenvalue weighted by Gasteiger charge is 2.09. The molecule has 18 heavy (non-hydrogen) atoms. The number of carbonyl (C=O) groups is 1. The Kier molecular flexibility index (Phi) is 4.11. The molecule has 0 aromatic heterocycles. The quantitative estimate of drug-likeness (QED) is 0.607. The minimum atomic E-state index is -0.216. The average molecular weight is 264 g/mol. The highest BCUT2D eigenvalue weighted by atomic mass is 35.5. The lowest BCUT2D eigenvalue weighted by molar-refractivity contribution is 0.105. The molecule has 0 unspecified atom stereocenters. The van der Waals surface area contributed by atoms with Crippen molar-refractivity contribution >= 4 is 17.4 Å². The molecule has 0 bridgehead atoms. The first-order chi connectivity index (χ1) is 8.70. The molecule has 0 atom stereocenters. The maximum atomic E-state index is 11.9. The van der Waals surface area contributed by atoms with E-state index in [9.17, 15) is 4.79 Å². The molecule has 1 aliphatic rings. The second kappa shape index (κ2) is 5.79. The Hall–Kier alpha value is -1.66. The predicted molar refractivity (Wildman–Crippen MR) is 70.9 cm³/mol. The molecule has 0 radical (unpaired) electrons. The summed E-state index contributed by atoms with van der Waals surface area (Å²) in [5.74, 6) is 2.98. The van der Waals surface area contributed by atoms with Crippen LogP contribution in [-0.2, 0) is 0 Å². The Morgan fingerprint density at radius 3 is 2.72 bits per heavy atom. The van der Waals surface area contributed by atoms with Gasteiger partial charge in [0.1, 0.15) is 5.75 Å². The summed E-state index contributed by atoms with van der Waals surface area (Å²) in [6, 6.07) is 7.82. The van der Waals surface area contributed by atoms with E-state index in [-0.39, 0.29) is 5.78 Å². The van der Waals surface area contributed by atoms with Crippen molar-refractivity contribution in [2.45, 2.75) is 12.8 Å². The molecule has 1 aliphatic heterocycles. The van der Waals surface area contributed by atoms with Crippen LogP contribution in [0.3, 0.4) is 0 Å². The zero-order chi connectivity index (χ0) is 13.0. The molecule has 1 heterocycles. The lowest BCUT2D eigenvalue weighted by Gasteiger charge is -2.05. The van der Waals surface area contributed by atoms with E-state index in [0.717, 1.165) is 25.9 Å². The van der Waals surface area contributed by atoms with Crippen LogP contribution in [0.1, 0.15) is 23.2 Å². The van der Waals surface area contributed by atoms with Crippen molar-refractivity contribution in [2.75, 3.05) is 20.2 Å². The minimum absolute atomic E-state index is 0.216. The van der Waals surface area contributed by atoms with Gasteiger partial charge < -0.3 is 9.64 Å². The Morgan fingerprint density at radius 2 is 2.11 bits per heavy atom. The van der Waals surface area contributed by atoms with Crippen LogP contribution >= 0.6 is 11.6 Å². The summed E-state index contributed by atoms with van der Waals surface area (Å²) in [7, 11) is 1.54. The molecule has 2 rings (SSSR count). The highest BCUT2D eigenvalue weighted by Crippen LogP contribution is 2.24. The molecule has 0 saturated carbocycles. The fraction of sp³-hybridized carbons (Fsp3) is 0.357. The van der Waals surface area contributed by atoms with Crippen molar-refractivity contribution < 1.29 is 9.53 Å². The first-order valence-corrected chi connectivity index (χ1v) is 6.23. The van der Waals surface area contributed by atoms with Crippen LogP contribution in [0.25, 0.3) is 0 Å². The van der Waals surface area contributed by atoms with Crippen LogP contribution < -0.4 is 4.74 Å². The van der Waals surface area contributed by atoms with Gasteiger partial charge in [0.25, 0.3) is 0 Å². The largest absolute Gasteiger partial charge is 0.495 e. The van der Waals surface area contributed by atoms with Gasteiger partial charge in [0, 0.05) is 24.7 Å². The normalized spacial score (nSPS) is 14.0. The van der Waals surface area contributed by atoms with Gasteiger partial charge in [0.2, 0.25) is 5.78 Å².